The van der Waals surface area contributed by atoms with Crippen LogP contribution in [0.1, 0.15) is 28.8 Å². The van der Waals surface area contributed by atoms with Crippen LogP contribution in [0.5, 0.6) is 5.75 Å². The van der Waals surface area contributed by atoms with E-state index in [2.05, 4.69) is 6.58 Å². The molecule has 0 spiro atoms. The van der Waals surface area contributed by atoms with Crippen molar-refractivity contribution in [2.75, 3.05) is 18.1 Å². The first-order valence-corrected chi connectivity index (χ1v) is 8.64. The van der Waals surface area contributed by atoms with E-state index in [4.69, 9.17) is 4.74 Å². The van der Waals surface area contributed by atoms with Gasteiger partial charge in [-0.1, -0.05) is 30.9 Å². The lowest BCUT2D eigenvalue weighted by atomic mass is 10.1. The predicted octanol–water partition coefficient (Wildman–Crippen LogP) is 4.27. The third-order valence-corrected chi connectivity index (χ3v) is 4.19. The molecule has 1 amide bonds. The fourth-order valence-corrected chi connectivity index (χ4v) is 2.86. The number of hydrogen-bond acceptors (Lipinski definition) is 3. The highest BCUT2D eigenvalue weighted by Crippen LogP contribution is 2.22. The van der Waals surface area contributed by atoms with Gasteiger partial charge in [-0.3, -0.25) is 9.59 Å². The van der Waals surface area contributed by atoms with Crippen LogP contribution in [0, 0.1) is 0 Å². The van der Waals surface area contributed by atoms with Gasteiger partial charge in [0.1, 0.15) is 12.4 Å². The minimum atomic E-state index is -0.0817. The summed E-state index contributed by atoms with van der Waals surface area (Å²) in [7, 11) is 0. The van der Waals surface area contributed by atoms with E-state index in [-0.39, 0.29) is 11.7 Å². The van der Waals surface area contributed by atoms with Crippen molar-refractivity contribution in [2.24, 2.45) is 0 Å². The Morgan fingerprint density at radius 1 is 1.19 bits per heavy atom. The number of anilines is 1. The number of hydrogen-bond donors (Lipinski definition) is 0. The Hall–Kier alpha value is -3.14. The zero-order valence-electron chi connectivity index (χ0n) is 14.6. The summed E-state index contributed by atoms with van der Waals surface area (Å²) < 4.78 is 5.49. The lowest BCUT2D eigenvalue weighted by Crippen LogP contribution is -2.23. The number of ketones is 1. The van der Waals surface area contributed by atoms with Crippen LogP contribution in [0.3, 0.4) is 0 Å². The van der Waals surface area contributed by atoms with Gasteiger partial charge in [0.05, 0.1) is 0 Å². The maximum Gasteiger partial charge on any atom is 0.227 e. The number of allylic oxidation sites excluding steroid dienone is 1. The maximum atomic E-state index is 12.4. The topological polar surface area (TPSA) is 46.6 Å². The number of carbonyl (C=O) groups excluding carboxylic acids is 2. The Kier molecular flexibility index (Phi) is 5.64. The van der Waals surface area contributed by atoms with E-state index in [0.717, 1.165) is 30.0 Å². The van der Waals surface area contributed by atoms with Gasteiger partial charge in [-0.2, -0.15) is 0 Å². The van der Waals surface area contributed by atoms with Gasteiger partial charge in [-0.25, -0.2) is 0 Å². The third-order valence-electron chi connectivity index (χ3n) is 4.19. The number of carbonyl (C=O) groups is 2. The summed E-state index contributed by atoms with van der Waals surface area (Å²) >= 11 is 0. The molecule has 0 unspecified atom stereocenters. The molecule has 0 aliphatic carbocycles. The molecule has 1 aliphatic heterocycles. The molecule has 0 aromatic heterocycles. The van der Waals surface area contributed by atoms with Gasteiger partial charge in [0.15, 0.2) is 5.78 Å². The number of rotatable bonds is 7. The summed E-state index contributed by atoms with van der Waals surface area (Å²) in [6.07, 6.45) is 6.48. The van der Waals surface area contributed by atoms with Gasteiger partial charge < -0.3 is 9.64 Å². The first kappa shape index (κ1) is 17.7. The normalized spacial score (nSPS) is 14.0. The van der Waals surface area contributed by atoms with E-state index in [1.165, 1.54) is 0 Å². The molecule has 0 N–H and O–H groups in total. The van der Waals surface area contributed by atoms with Crippen molar-refractivity contribution < 1.29 is 14.3 Å². The lowest BCUT2D eigenvalue weighted by Gasteiger charge is -2.15. The van der Waals surface area contributed by atoms with E-state index < -0.39 is 0 Å². The average molecular weight is 347 g/mol. The standard InChI is InChI=1S/C22H21NO3/c1-2-15-26-20-6-3-5-17(16-20)8-13-21(24)18-9-11-19(12-10-18)23-14-4-7-22(23)25/h2-3,5-6,8-13,16H,1,4,7,14-15H2/b13-8+. The molecule has 1 fully saturated rings. The summed E-state index contributed by atoms with van der Waals surface area (Å²) in [6.45, 7) is 4.81. The van der Waals surface area contributed by atoms with Crippen LogP contribution in [-0.2, 0) is 4.79 Å². The zero-order chi connectivity index (χ0) is 18.4. The van der Waals surface area contributed by atoms with Crippen LogP contribution in [0.2, 0.25) is 0 Å². The van der Waals surface area contributed by atoms with E-state index in [9.17, 15) is 9.59 Å². The molecule has 0 atom stereocenters. The molecule has 2 aromatic rings. The lowest BCUT2D eigenvalue weighted by molar-refractivity contribution is -0.117. The molecule has 1 aliphatic rings. The van der Waals surface area contributed by atoms with Crippen LogP contribution in [0.15, 0.2) is 67.3 Å². The minimum absolute atomic E-state index is 0.0817. The van der Waals surface area contributed by atoms with Crippen LogP contribution in [0.25, 0.3) is 6.08 Å². The monoisotopic (exact) mass is 347 g/mol. The molecular formula is C22H21NO3. The fourth-order valence-electron chi connectivity index (χ4n) is 2.86. The van der Waals surface area contributed by atoms with Gasteiger partial charge in [0.2, 0.25) is 5.91 Å². The van der Waals surface area contributed by atoms with Crippen LogP contribution in [-0.4, -0.2) is 24.8 Å². The van der Waals surface area contributed by atoms with Crippen molar-refractivity contribution in [2.45, 2.75) is 12.8 Å². The maximum absolute atomic E-state index is 12.4. The molecule has 3 rings (SSSR count). The number of benzene rings is 2. The first-order chi connectivity index (χ1) is 12.7. The van der Waals surface area contributed by atoms with Crippen LogP contribution in [0.4, 0.5) is 5.69 Å². The van der Waals surface area contributed by atoms with Gasteiger partial charge in [0.25, 0.3) is 0 Å². The highest BCUT2D eigenvalue weighted by Gasteiger charge is 2.21. The Morgan fingerprint density at radius 3 is 2.69 bits per heavy atom. The van der Waals surface area contributed by atoms with E-state index >= 15 is 0 Å². The second-order valence-electron chi connectivity index (χ2n) is 6.07. The molecule has 1 heterocycles. The molecule has 26 heavy (non-hydrogen) atoms. The van der Waals surface area contributed by atoms with E-state index in [1.54, 1.807) is 35.3 Å². The second-order valence-corrected chi connectivity index (χ2v) is 6.07. The number of ether oxygens (including phenoxy) is 1. The van der Waals surface area contributed by atoms with Crippen molar-refractivity contribution in [1.82, 2.24) is 0 Å². The van der Waals surface area contributed by atoms with Gasteiger partial charge in [-0.15, -0.1) is 0 Å². The Balaban J connectivity index is 1.66. The van der Waals surface area contributed by atoms with Gasteiger partial charge in [-0.05, 0) is 54.5 Å². The Morgan fingerprint density at radius 2 is 2.00 bits per heavy atom. The smallest absolute Gasteiger partial charge is 0.227 e. The molecule has 0 radical (unpaired) electrons. The summed E-state index contributed by atoms with van der Waals surface area (Å²) in [5, 5.41) is 0. The van der Waals surface area contributed by atoms with Crippen molar-refractivity contribution in [1.29, 1.82) is 0 Å². The SMILES string of the molecule is C=CCOc1cccc(/C=C/C(=O)c2ccc(N3CCCC3=O)cc2)c1. The quantitative estimate of drug-likeness (QED) is 0.427. The minimum Gasteiger partial charge on any atom is -0.490 e. The number of amides is 1. The summed E-state index contributed by atoms with van der Waals surface area (Å²) in [5.41, 5.74) is 2.33. The van der Waals surface area contributed by atoms with E-state index in [1.807, 2.05) is 36.4 Å². The molecule has 132 valence electrons. The highest BCUT2D eigenvalue weighted by molar-refractivity contribution is 6.07. The van der Waals surface area contributed by atoms with Gasteiger partial charge >= 0.3 is 0 Å². The van der Waals surface area contributed by atoms with Crippen molar-refractivity contribution in [3.8, 4) is 5.75 Å². The van der Waals surface area contributed by atoms with Crippen LogP contribution >= 0.6 is 0 Å². The van der Waals surface area contributed by atoms with Crippen molar-refractivity contribution >= 4 is 23.5 Å². The molecule has 4 nitrogen and oxygen atoms in total. The summed E-state index contributed by atoms with van der Waals surface area (Å²) in [6, 6.07) is 14.7. The summed E-state index contributed by atoms with van der Waals surface area (Å²) in [5.74, 6) is 0.795. The summed E-state index contributed by atoms with van der Waals surface area (Å²) in [4.78, 5) is 25.9. The average Bonchev–Trinajstić information content (AvgIpc) is 3.11. The largest absolute Gasteiger partial charge is 0.490 e. The van der Waals surface area contributed by atoms with Gasteiger partial charge in [0, 0.05) is 24.2 Å². The molecule has 2 aromatic carbocycles. The molecular weight excluding hydrogens is 326 g/mol. The fraction of sp³-hybridized carbons (Fsp3) is 0.182. The van der Waals surface area contributed by atoms with Crippen LogP contribution < -0.4 is 9.64 Å². The predicted molar refractivity (Wildman–Crippen MR) is 104 cm³/mol. The van der Waals surface area contributed by atoms with Crippen molar-refractivity contribution in [3.63, 3.8) is 0 Å². The first-order valence-electron chi connectivity index (χ1n) is 8.64. The molecule has 1 saturated heterocycles. The molecule has 0 bridgehead atoms. The third kappa shape index (κ3) is 4.28. The Labute approximate surface area is 153 Å². The second kappa shape index (κ2) is 8.30. The van der Waals surface area contributed by atoms with E-state index in [0.29, 0.717) is 18.6 Å². The Bertz CT molecular complexity index is 837. The molecule has 4 heteroatoms. The highest BCUT2D eigenvalue weighted by atomic mass is 16.5. The van der Waals surface area contributed by atoms with Crippen molar-refractivity contribution in [3.05, 3.63) is 78.4 Å². The zero-order valence-corrected chi connectivity index (χ0v) is 14.6. The number of nitrogens with zero attached hydrogens (tertiary/aromatic N) is 1. The molecule has 0 saturated carbocycles.